The minimum absolute atomic E-state index is 0.151. The Kier molecular flexibility index (Phi) is 6.01. The maximum Gasteiger partial charge on any atom is 0.315 e. The van der Waals surface area contributed by atoms with Crippen molar-refractivity contribution in [3.05, 3.63) is 52.2 Å². The van der Waals surface area contributed by atoms with Crippen molar-refractivity contribution in [1.82, 2.24) is 10.6 Å². The molecule has 0 radical (unpaired) electrons. The average molecular weight is 334 g/mol. The van der Waals surface area contributed by atoms with E-state index in [0.29, 0.717) is 13.2 Å². The molecule has 1 aromatic heterocycles. The highest BCUT2D eigenvalue weighted by atomic mass is 32.1. The van der Waals surface area contributed by atoms with E-state index in [9.17, 15) is 9.90 Å². The molecule has 1 heterocycles. The van der Waals surface area contributed by atoms with Crippen LogP contribution in [0.3, 0.4) is 0 Å². The van der Waals surface area contributed by atoms with Crippen LogP contribution in [0, 0.1) is 0 Å². The highest BCUT2D eigenvalue weighted by molar-refractivity contribution is 7.10. The van der Waals surface area contributed by atoms with E-state index in [-0.39, 0.29) is 12.6 Å². The number of thiophene rings is 1. The summed E-state index contributed by atoms with van der Waals surface area (Å²) in [4.78, 5) is 12.7. The number of aliphatic hydroxyl groups is 1. The fourth-order valence-electron chi connectivity index (χ4n) is 2.08. The van der Waals surface area contributed by atoms with Gasteiger partial charge in [0, 0.05) is 11.4 Å². The van der Waals surface area contributed by atoms with E-state index in [1.54, 1.807) is 6.92 Å². The lowest BCUT2D eigenvalue weighted by Gasteiger charge is -2.22. The first-order valence-electron chi connectivity index (χ1n) is 7.51. The summed E-state index contributed by atoms with van der Waals surface area (Å²) < 4.78 is 5.43. The average Bonchev–Trinajstić information content (AvgIpc) is 3.07. The van der Waals surface area contributed by atoms with Gasteiger partial charge in [-0.2, -0.15) is 0 Å². The first kappa shape index (κ1) is 17.3. The molecule has 0 bridgehead atoms. The van der Waals surface area contributed by atoms with Crippen LogP contribution in [0.15, 0.2) is 41.8 Å². The number of urea groups is 1. The Morgan fingerprint density at radius 1 is 1.30 bits per heavy atom. The summed E-state index contributed by atoms with van der Waals surface area (Å²) in [6.07, 6.45) is 0. The van der Waals surface area contributed by atoms with Gasteiger partial charge in [-0.05, 0) is 43.0 Å². The predicted molar refractivity (Wildman–Crippen MR) is 91.7 cm³/mol. The SMILES string of the molecule is CCOc1cccc(CNC(=O)NCC(C)(O)c2cccs2)c1. The van der Waals surface area contributed by atoms with E-state index >= 15 is 0 Å². The largest absolute Gasteiger partial charge is 0.494 e. The van der Waals surface area contributed by atoms with Crippen LogP contribution in [0.4, 0.5) is 4.79 Å². The molecule has 0 aliphatic rings. The van der Waals surface area contributed by atoms with E-state index in [1.807, 2.05) is 48.7 Å². The Labute approximate surface area is 140 Å². The first-order valence-corrected chi connectivity index (χ1v) is 8.39. The van der Waals surface area contributed by atoms with Crippen molar-refractivity contribution in [3.63, 3.8) is 0 Å². The molecule has 2 rings (SSSR count). The molecule has 2 aromatic rings. The number of hydrogen-bond acceptors (Lipinski definition) is 4. The van der Waals surface area contributed by atoms with Crippen LogP contribution in [0.25, 0.3) is 0 Å². The molecule has 0 fully saturated rings. The second kappa shape index (κ2) is 7.99. The number of carbonyl (C=O) groups is 1. The number of rotatable bonds is 7. The van der Waals surface area contributed by atoms with Gasteiger partial charge in [0.15, 0.2) is 0 Å². The zero-order valence-corrected chi connectivity index (χ0v) is 14.2. The van der Waals surface area contributed by atoms with Crippen LogP contribution in [0.2, 0.25) is 0 Å². The first-order chi connectivity index (χ1) is 11.0. The maximum atomic E-state index is 11.9. The van der Waals surface area contributed by atoms with Crippen LogP contribution in [0.5, 0.6) is 5.75 Å². The monoisotopic (exact) mass is 334 g/mol. The lowest BCUT2D eigenvalue weighted by molar-refractivity contribution is 0.0631. The summed E-state index contributed by atoms with van der Waals surface area (Å²) in [5.74, 6) is 0.785. The molecule has 5 nitrogen and oxygen atoms in total. The summed E-state index contributed by atoms with van der Waals surface area (Å²) in [5, 5.41) is 17.7. The number of hydrogen-bond donors (Lipinski definition) is 3. The maximum absolute atomic E-state index is 11.9. The van der Waals surface area contributed by atoms with Crippen molar-refractivity contribution in [2.75, 3.05) is 13.2 Å². The van der Waals surface area contributed by atoms with Crippen molar-refractivity contribution in [3.8, 4) is 5.75 Å². The normalized spacial score (nSPS) is 13.2. The van der Waals surface area contributed by atoms with Gasteiger partial charge < -0.3 is 20.5 Å². The summed E-state index contributed by atoms with van der Waals surface area (Å²) in [6, 6.07) is 11.0. The molecule has 0 aliphatic carbocycles. The molecular weight excluding hydrogens is 312 g/mol. The van der Waals surface area contributed by atoms with E-state index in [0.717, 1.165) is 16.2 Å². The second-order valence-corrected chi connectivity index (χ2v) is 6.32. The van der Waals surface area contributed by atoms with Crippen molar-refractivity contribution in [2.45, 2.75) is 26.0 Å². The predicted octanol–water partition coefficient (Wildman–Crippen LogP) is 2.85. The van der Waals surface area contributed by atoms with Crippen LogP contribution in [-0.4, -0.2) is 24.3 Å². The number of carbonyl (C=O) groups excluding carboxylic acids is 1. The molecule has 1 atom stereocenters. The molecule has 1 unspecified atom stereocenters. The Morgan fingerprint density at radius 2 is 2.13 bits per heavy atom. The Balaban J connectivity index is 1.80. The Morgan fingerprint density at radius 3 is 2.83 bits per heavy atom. The molecular formula is C17H22N2O3S. The molecule has 124 valence electrons. The van der Waals surface area contributed by atoms with Gasteiger partial charge in [0.1, 0.15) is 11.4 Å². The number of benzene rings is 1. The Bertz CT molecular complexity index is 627. The van der Waals surface area contributed by atoms with Crippen molar-refractivity contribution in [2.24, 2.45) is 0 Å². The lowest BCUT2D eigenvalue weighted by atomic mass is 10.1. The minimum Gasteiger partial charge on any atom is -0.494 e. The summed E-state index contributed by atoms with van der Waals surface area (Å²) in [5.41, 5.74) is -0.114. The van der Waals surface area contributed by atoms with Gasteiger partial charge in [0.25, 0.3) is 0 Å². The van der Waals surface area contributed by atoms with E-state index in [2.05, 4.69) is 10.6 Å². The minimum atomic E-state index is -1.07. The zero-order chi connectivity index (χ0) is 16.7. The third-order valence-corrected chi connectivity index (χ3v) is 4.43. The smallest absolute Gasteiger partial charge is 0.315 e. The summed E-state index contributed by atoms with van der Waals surface area (Å²) in [6.45, 7) is 4.77. The van der Waals surface area contributed by atoms with E-state index in [4.69, 9.17) is 4.74 Å². The molecule has 0 spiro atoms. The van der Waals surface area contributed by atoms with Crippen LogP contribution >= 0.6 is 11.3 Å². The molecule has 0 saturated carbocycles. The highest BCUT2D eigenvalue weighted by Gasteiger charge is 2.24. The molecule has 0 aliphatic heterocycles. The summed E-state index contributed by atoms with van der Waals surface area (Å²) in [7, 11) is 0. The van der Waals surface area contributed by atoms with Gasteiger partial charge in [0.05, 0.1) is 13.2 Å². The quantitative estimate of drug-likeness (QED) is 0.729. The molecule has 3 N–H and O–H groups in total. The van der Waals surface area contributed by atoms with Gasteiger partial charge >= 0.3 is 6.03 Å². The zero-order valence-electron chi connectivity index (χ0n) is 13.3. The standard InChI is InChI=1S/C17H22N2O3S/c1-3-22-14-7-4-6-13(10-14)11-18-16(20)19-12-17(2,21)15-8-5-9-23-15/h4-10,21H,3,11-12H2,1-2H3,(H2,18,19,20). The van der Waals surface area contributed by atoms with E-state index in [1.165, 1.54) is 11.3 Å². The number of amides is 2. The summed E-state index contributed by atoms with van der Waals surface area (Å²) >= 11 is 1.46. The molecule has 0 saturated heterocycles. The third kappa shape index (κ3) is 5.26. The van der Waals surface area contributed by atoms with Crippen molar-refractivity contribution in [1.29, 1.82) is 0 Å². The van der Waals surface area contributed by atoms with Crippen molar-refractivity contribution < 1.29 is 14.6 Å². The van der Waals surface area contributed by atoms with Crippen LogP contribution < -0.4 is 15.4 Å². The van der Waals surface area contributed by atoms with Crippen LogP contribution in [0.1, 0.15) is 24.3 Å². The molecule has 1 aromatic carbocycles. The van der Waals surface area contributed by atoms with Gasteiger partial charge in [0.2, 0.25) is 0 Å². The van der Waals surface area contributed by atoms with Gasteiger partial charge in [-0.25, -0.2) is 4.79 Å². The van der Waals surface area contributed by atoms with Gasteiger partial charge in [-0.3, -0.25) is 0 Å². The third-order valence-electron chi connectivity index (χ3n) is 3.31. The lowest BCUT2D eigenvalue weighted by Crippen LogP contribution is -2.42. The van der Waals surface area contributed by atoms with Gasteiger partial charge in [-0.15, -0.1) is 11.3 Å². The fourth-order valence-corrected chi connectivity index (χ4v) is 2.87. The molecule has 6 heteroatoms. The van der Waals surface area contributed by atoms with Crippen molar-refractivity contribution >= 4 is 17.4 Å². The molecule has 2 amide bonds. The number of ether oxygens (including phenoxy) is 1. The van der Waals surface area contributed by atoms with Crippen LogP contribution in [-0.2, 0) is 12.1 Å². The second-order valence-electron chi connectivity index (χ2n) is 5.37. The Hall–Kier alpha value is -2.05. The number of nitrogens with one attached hydrogen (secondary N) is 2. The topological polar surface area (TPSA) is 70.6 Å². The van der Waals surface area contributed by atoms with E-state index < -0.39 is 5.60 Å². The fraction of sp³-hybridized carbons (Fsp3) is 0.353. The highest BCUT2D eigenvalue weighted by Crippen LogP contribution is 2.24. The van der Waals surface area contributed by atoms with Gasteiger partial charge in [-0.1, -0.05) is 18.2 Å². The molecule has 23 heavy (non-hydrogen) atoms.